The summed E-state index contributed by atoms with van der Waals surface area (Å²) in [6.07, 6.45) is 9.08. The summed E-state index contributed by atoms with van der Waals surface area (Å²) < 4.78 is 7.50. The lowest BCUT2D eigenvalue weighted by Gasteiger charge is -2.20. The highest BCUT2D eigenvalue weighted by Gasteiger charge is 2.45. The molecule has 1 aromatic heterocycles. The third kappa shape index (κ3) is 2.35. The maximum atomic E-state index is 11.9. The highest BCUT2D eigenvalue weighted by molar-refractivity contribution is 5.78. The van der Waals surface area contributed by atoms with Gasteiger partial charge in [-0.15, -0.1) is 0 Å². The number of carbonyl (C=O) groups excluding carboxylic acids is 1. The van der Waals surface area contributed by atoms with Gasteiger partial charge in [0, 0.05) is 31.8 Å². The van der Waals surface area contributed by atoms with Gasteiger partial charge in [-0.3, -0.25) is 4.79 Å². The number of imidazole rings is 1. The molecule has 0 aromatic carbocycles. The van der Waals surface area contributed by atoms with Crippen LogP contribution in [0.5, 0.6) is 0 Å². The van der Waals surface area contributed by atoms with Crippen molar-refractivity contribution >= 4 is 5.97 Å². The molecule has 1 unspecified atom stereocenters. The second-order valence-corrected chi connectivity index (χ2v) is 4.81. The van der Waals surface area contributed by atoms with Crippen molar-refractivity contribution in [2.24, 2.45) is 5.41 Å². The van der Waals surface area contributed by atoms with Crippen molar-refractivity contribution in [2.75, 3.05) is 0 Å². The summed E-state index contributed by atoms with van der Waals surface area (Å²) in [6.45, 7) is 5.01. The minimum Gasteiger partial charge on any atom is -0.462 e. The lowest BCUT2D eigenvalue weighted by molar-refractivity contribution is -0.149. The molecule has 0 amide bonds. The molecule has 94 valence electrons. The van der Waals surface area contributed by atoms with Crippen LogP contribution >= 0.6 is 0 Å². The van der Waals surface area contributed by atoms with Gasteiger partial charge in [-0.25, -0.2) is 4.98 Å². The van der Waals surface area contributed by atoms with Crippen LogP contribution in [0.1, 0.15) is 39.5 Å². The second-order valence-electron chi connectivity index (χ2n) is 4.81. The van der Waals surface area contributed by atoms with Gasteiger partial charge in [0.1, 0.15) is 6.10 Å². The summed E-state index contributed by atoms with van der Waals surface area (Å²) in [5.41, 5.74) is -0.223. The fourth-order valence-electron chi connectivity index (χ4n) is 2.54. The van der Waals surface area contributed by atoms with Gasteiger partial charge in [-0.05, 0) is 12.8 Å². The van der Waals surface area contributed by atoms with Crippen LogP contribution in [0.3, 0.4) is 0 Å². The fraction of sp³-hybridized carbons (Fsp3) is 0.692. The van der Waals surface area contributed by atoms with E-state index in [9.17, 15) is 4.79 Å². The van der Waals surface area contributed by atoms with E-state index in [-0.39, 0.29) is 17.5 Å². The number of nitrogens with zero attached hydrogens (tertiary/aromatic N) is 2. The Kier molecular flexibility index (Phi) is 3.50. The number of ether oxygens (including phenoxy) is 1. The third-order valence-corrected chi connectivity index (χ3v) is 3.95. The lowest BCUT2D eigenvalue weighted by atomic mass is 9.79. The molecule has 0 saturated carbocycles. The van der Waals surface area contributed by atoms with Crippen molar-refractivity contribution in [2.45, 2.75) is 52.2 Å². The first-order valence-corrected chi connectivity index (χ1v) is 6.37. The largest absolute Gasteiger partial charge is 0.462 e. The monoisotopic (exact) mass is 236 g/mol. The summed E-state index contributed by atoms with van der Waals surface area (Å²) in [4.78, 5) is 15.9. The predicted octanol–water partition coefficient (Wildman–Crippen LogP) is 2.40. The van der Waals surface area contributed by atoms with Gasteiger partial charge in [0.05, 0.1) is 11.7 Å². The van der Waals surface area contributed by atoms with E-state index in [1.807, 2.05) is 10.8 Å². The van der Waals surface area contributed by atoms with Gasteiger partial charge < -0.3 is 9.30 Å². The zero-order valence-electron chi connectivity index (χ0n) is 10.6. The Labute approximate surface area is 102 Å². The number of carbonyl (C=O) groups is 1. The van der Waals surface area contributed by atoms with E-state index >= 15 is 0 Å². The van der Waals surface area contributed by atoms with E-state index in [0.29, 0.717) is 0 Å². The van der Waals surface area contributed by atoms with Crippen LogP contribution < -0.4 is 0 Å². The van der Waals surface area contributed by atoms with Crippen molar-refractivity contribution in [3.63, 3.8) is 0 Å². The van der Waals surface area contributed by atoms with Crippen LogP contribution in [-0.4, -0.2) is 21.6 Å². The molecular formula is C13H20N2O2. The molecule has 1 fully saturated rings. The predicted molar refractivity (Wildman–Crippen MR) is 64.4 cm³/mol. The van der Waals surface area contributed by atoms with E-state index in [1.165, 1.54) is 0 Å². The van der Waals surface area contributed by atoms with Crippen molar-refractivity contribution in [1.82, 2.24) is 9.55 Å². The summed E-state index contributed by atoms with van der Waals surface area (Å²) in [7, 11) is 0. The fourth-order valence-corrected chi connectivity index (χ4v) is 2.54. The molecule has 1 aliphatic rings. The van der Waals surface area contributed by atoms with E-state index in [1.54, 1.807) is 12.5 Å². The molecule has 4 heteroatoms. The zero-order valence-corrected chi connectivity index (χ0v) is 10.6. The van der Waals surface area contributed by atoms with E-state index < -0.39 is 0 Å². The molecule has 1 saturated heterocycles. The van der Waals surface area contributed by atoms with Gasteiger partial charge in [0.15, 0.2) is 0 Å². The van der Waals surface area contributed by atoms with E-state index in [2.05, 4.69) is 18.8 Å². The molecule has 0 spiro atoms. The molecule has 0 bridgehead atoms. The Hall–Kier alpha value is -1.32. The molecule has 0 radical (unpaired) electrons. The molecule has 1 aliphatic heterocycles. The first-order valence-electron chi connectivity index (χ1n) is 6.37. The topological polar surface area (TPSA) is 44.1 Å². The minimum atomic E-state index is -0.223. The number of cyclic esters (lactones) is 1. The Bertz CT molecular complexity index is 369. The number of esters is 1. The van der Waals surface area contributed by atoms with Crippen molar-refractivity contribution in [3.8, 4) is 0 Å². The lowest BCUT2D eigenvalue weighted by Crippen LogP contribution is -2.24. The zero-order chi connectivity index (χ0) is 12.3. The number of hydrogen-bond donors (Lipinski definition) is 0. The summed E-state index contributed by atoms with van der Waals surface area (Å²) in [5.74, 6) is -0.00173. The molecule has 0 aliphatic carbocycles. The van der Waals surface area contributed by atoms with Crippen molar-refractivity contribution in [1.29, 1.82) is 0 Å². The third-order valence-electron chi connectivity index (χ3n) is 3.95. The molecule has 1 atom stereocenters. The first kappa shape index (κ1) is 12.1. The average Bonchev–Trinajstić information content (AvgIpc) is 2.94. The van der Waals surface area contributed by atoms with Crippen LogP contribution in [0, 0.1) is 5.41 Å². The number of aryl methyl sites for hydroxylation is 1. The number of hydrogen-bond acceptors (Lipinski definition) is 3. The maximum absolute atomic E-state index is 11.9. The van der Waals surface area contributed by atoms with Gasteiger partial charge in [0.2, 0.25) is 0 Å². The Morgan fingerprint density at radius 1 is 1.53 bits per heavy atom. The van der Waals surface area contributed by atoms with Crippen molar-refractivity contribution < 1.29 is 9.53 Å². The minimum absolute atomic E-state index is 0.00173. The number of aromatic nitrogens is 2. The highest BCUT2D eigenvalue weighted by Crippen LogP contribution is 2.41. The molecule has 0 N–H and O–H groups in total. The first-order chi connectivity index (χ1) is 8.20. The van der Waals surface area contributed by atoms with Gasteiger partial charge >= 0.3 is 5.97 Å². The van der Waals surface area contributed by atoms with Gasteiger partial charge in [-0.2, -0.15) is 0 Å². The molecule has 1 aromatic rings. The molecular weight excluding hydrogens is 216 g/mol. The van der Waals surface area contributed by atoms with E-state index in [0.717, 1.165) is 32.2 Å². The Balaban J connectivity index is 1.91. The molecule has 2 rings (SSSR count). The summed E-state index contributed by atoms with van der Waals surface area (Å²) in [5, 5.41) is 0. The van der Waals surface area contributed by atoms with Crippen LogP contribution in [0.15, 0.2) is 18.7 Å². The molecule has 2 heterocycles. The quantitative estimate of drug-likeness (QED) is 0.737. The average molecular weight is 236 g/mol. The van der Waals surface area contributed by atoms with E-state index in [4.69, 9.17) is 4.74 Å². The standard InChI is InChI=1S/C13H20N2O2/c1-3-13(4-2)9-11(17-12(13)16)5-7-15-8-6-14-10-15/h6,8,10-11H,3-5,7,9H2,1-2H3. The normalized spacial score (nSPS) is 22.7. The second kappa shape index (κ2) is 4.90. The molecule has 17 heavy (non-hydrogen) atoms. The van der Waals surface area contributed by atoms with Gasteiger partial charge in [-0.1, -0.05) is 13.8 Å². The highest BCUT2D eigenvalue weighted by atomic mass is 16.6. The van der Waals surface area contributed by atoms with Crippen LogP contribution in [-0.2, 0) is 16.1 Å². The van der Waals surface area contributed by atoms with Gasteiger partial charge in [0.25, 0.3) is 0 Å². The Morgan fingerprint density at radius 2 is 2.29 bits per heavy atom. The van der Waals surface area contributed by atoms with Crippen LogP contribution in [0.25, 0.3) is 0 Å². The summed E-state index contributed by atoms with van der Waals surface area (Å²) in [6, 6.07) is 0. The Morgan fingerprint density at radius 3 is 2.82 bits per heavy atom. The number of rotatable bonds is 5. The summed E-state index contributed by atoms with van der Waals surface area (Å²) >= 11 is 0. The van der Waals surface area contributed by atoms with Crippen LogP contribution in [0.4, 0.5) is 0 Å². The maximum Gasteiger partial charge on any atom is 0.312 e. The van der Waals surface area contributed by atoms with Crippen LogP contribution in [0.2, 0.25) is 0 Å². The SMILES string of the molecule is CCC1(CC)CC(CCn2ccnc2)OC1=O. The molecule has 4 nitrogen and oxygen atoms in total. The van der Waals surface area contributed by atoms with Crippen molar-refractivity contribution in [3.05, 3.63) is 18.7 Å². The smallest absolute Gasteiger partial charge is 0.312 e.